The van der Waals surface area contributed by atoms with E-state index in [2.05, 4.69) is 0 Å². The second-order valence-electron chi connectivity index (χ2n) is 4.13. The number of anilines is 1. The van der Waals surface area contributed by atoms with Crippen molar-refractivity contribution >= 4 is 5.69 Å². The topological polar surface area (TPSA) is 35.2 Å². The van der Waals surface area contributed by atoms with Crippen molar-refractivity contribution in [2.24, 2.45) is 5.92 Å². The van der Waals surface area contributed by atoms with Gasteiger partial charge in [0.05, 0.1) is 6.61 Å². The van der Waals surface area contributed by atoms with Crippen LogP contribution in [0, 0.1) is 11.7 Å². The van der Waals surface area contributed by atoms with Crippen LogP contribution in [-0.4, -0.2) is 6.61 Å². The highest BCUT2D eigenvalue weighted by Crippen LogP contribution is 2.32. The van der Waals surface area contributed by atoms with Crippen molar-refractivity contribution < 1.29 is 9.13 Å². The lowest BCUT2D eigenvalue weighted by molar-refractivity contribution is 0.115. The van der Waals surface area contributed by atoms with Crippen molar-refractivity contribution in [1.82, 2.24) is 0 Å². The van der Waals surface area contributed by atoms with E-state index in [1.165, 1.54) is 25.0 Å². The van der Waals surface area contributed by atoms with E-state index >= 15 is 0 Å². The molecule has 0 aliphatic heterocycles. The van der Waals surface area contributed by atoms with Crippen molar-refractivity contribution in [3.8, 4) is 0 Å². The first kappa shape index (κ1) is 10.4. The fraction of sp³-hybridized carbons (Fsp3) is 0.500. The average Bonchev–Trinajstić information content (AvgIpc) is 2.99. The minimum atomic E-state index is -0.297. The standard InChI is InChI=1S/C12H16FNO/c13-11-4-3-10(12(14)7-11)8-15-6-5-9-1-2-9/h3-4,7,9H,1-2,5-6,8,14H2. The van der Waals surface area contributed by atoms with E-state index in [4.69, 9.17) is 10.5 Å². The molecule has 0 aromatic heterocycles. The van der Waals surface area contributed by atoms with Crippen LogP contribution in [0.5, 0.6) is 0 Å². The van der Waals surface area contributed by atoms with Crippen molar-refractivity contribution in [1.29, 1.82) is 0 Å². The number of nitrogens with two attached hydrogens (primary N) is 1. The van der Waals surface area contributed by atoms with Gasteiger partial charge in [-0.1, -0.05) is 18.9 Å². The number of hydrogen-bond acceptors (Lipinski definition) is 2. The molecule has 0 spiro atoms. The first-order chi connectivity index (χ1) is 7.25. The quantitative estimate of drug-likeness (QED) is 0.597. The molecule has 0 radical (unpaired) electrons. The smallest absolute Gasteiger partial charge is 0.125 e. The van der Waals surface area contributed by atoms with Crippen molar-refractivity contribution in [2.45, 2.75) is 25.9 Å². The van der Waals surface area contributed by atoms with E-state index in [-0.39, 0.29) is 5.82 Å². The van der Waals surface area contributed by atoms with Gasteiger partial charge < -0.3 is 10.5 Å². The van der Waals surface area contributed by atoms with Gasteiger partial charge in [-0.2, -0.15) is 0 Å². The predicted molar refractivity (Wildman–Crippen MR) is 57.8 cm³/mol. The summed E-state index contributed by atoms with van der Waals surface area (Å²) in [5.74, 6) is 0.588. The van der Waals surface area contributed by atoms with Crippen LogP contribution in [-0.2, 0) is 11.3 Å². The zero-order valence-corrected chi connectivity index (χ0v) is 8.71. The van der Waals surface area contributed by atoms with Gasteiger partial charge >= 0.3 is 0 Å². The van der Waals surface area contributed by atoms with Crippen LogP contribution in [0.15, 0.2) is 18.2 Å². The molecule has 2 rings (SSSR count). The Morgan fingerprint density at radius 1 is 1.40 bits per heavy atom. The molecule has 1 aromatic rings. The van der Waals surface area contributed by atoms with Crippen LogP contribution in [0.2, 0.25) is 0 Å². The summed E-state index contributed by atoms with van der Waals surface area (Å²) < 4.78 is 18.2. The van der Waals surface area contributed by atoms with Crippen molar-refractivity contribution in [3.05, 3.63) is 29.6 Å². The van der Waals surface area contributed by atoms with Gasteiger partial charge in [0.2, 0.25) is 0 Å². The zero-order valence-electron chi connectivity index (χ0n) is 8.71. The molecule has 2 nitrogen and oxygen atoms in total. The normalized spacial score (nSPS) is 15.5. The molecule has 1 aromatic carbocycles. The van der Waals surface area contributed by atoms with Gasteiger partial charge in [0.25, 0.3) is 0 Å². The van der Waals surface area contributed by atoms with Gasteiger partial charge in [0.15, 0.2) is 0 Å². The Hall–Kier alpha value is -1.09. The van der Waals surface area contributed by atoms with Crippen LogP contribution in [0.4, 0.5) is 10.1 Å². The lowest BCUT2D eigenvalue weighted by Crippen LogP contribution is -2.00. The Kier molecular flexibility index (Phi) is 3.21. The third-order valence-corrected chi connectivity index (χ3v) is 2.73. The Bertz CT molecular complexity index is 336. The molecule has 82 valence electrons. The van der Waals surface area contributed by atoms with E-state index in [9.17, 15) is 4.39 Å². The van der Waals surface area contributed by atoms with E-state index in [1.54, 1.807) is 6.07 Å². The maximum Gasteiger partial charge on any atom is 0.125 e. The SMILES string of the molecule is Nc1cc(F)ccc1COCCC1CC1. The summed E-state index contributed by atoms with van der Waals surface area (Å²) in [6, 6.07) is 4.43. The van der Waals surface area contributed by atoms with Crippen LogP contribution >= 0.6 is 0 Å². The van der Waals surface area contributed by atoms with E-state index in [1.807, 2.05) is 0 Å². The summed E-state index contributed by atoms with van der Waals surface area (Å²) in [6.07, 6.45) is 3.84. The number of benzene rings is 1. The lowest BCUT2D eigenvalue weighted by atomic mass is 10.2. The van der Waals surface area contributed by atoms with Gasteiger partial charge in [-0.15, -0.1) is 0 Å². The predicted octanol–water partition coefficient (Wildman–Crippen LogP) is 2.72. The van der Waals surface area contributed by atoms with Crippen LogP contribution in [0.25, 0.3) is 0 Å². The van der Waals surface area contributed by atoms with E-state index < -0.39 is 0 Å². The molecule has 1 aliphatic rings. The van der Waals surface area contributed by atoms with Crippen molar-refractivity contribution in [2.75, 3.05) is 12.3 Å². The molecule has 0 heterocycles. The summed E-state index contributed by atoms with van der Waals surface area (Å²) in [5.41, 5.74) is 7.00. The molecule has 1 aliphatic carbocycles. The summed E-state index contributed by atoms with van der Waals surface area (Å²) in [7, 11) is 0. The molecule has 0 amide bonds. The molecule has 2 N–H and O–H groups in total. The van der Waals surface area contributed by atoms with Gasteiger partial charge in [0, 0.05) is 17.9 Å². The molecule has 3 heteroatoms. The highest BCUT2D eigenvalue weighted by atomic mass is 19.1. The van der Waals surface area contributed by atoms with E-state index in [0.29, 0.717) is 12.3 Å². The average molecular weight is 209 g/mol. The molecule has 1 fully saturated rings. The van der Waals surface area contributed by atoms with Gasteiger partial charge in [-0.3, -0.25) is 0 Å². The number of nitrogen functional groups attached to an aromatic ring is 1. The summed E-state index contributed by atoms with van der Waals surface area (Å²) in [5, 5.41) is 0. The Morgan fingerprint density at radius 3 is 2.87 bits per heavy atom. The molecule has 1 saturated carbocycles. The maximum absolute atomic E-state index is 12.7. The fourth-order valence-corrected chi connectivity index (χ4v) is 1.54. The molecule has 0 unspecified atom stereocenters. The third kappa shape index (κ3) is 3.20. The highest BCUT2D eigenvalue weighted by Gasteiger charge is 2.20. The molecule has 0 saturated heterocycles. The van der Waals surface area contributed by atoms with Crippen molar-refractivity contribution in [3.63, 3.8) is 0 Å². The van der Waals surface area contributed by atoms with E-state index in [0.717, 1.165) is 24.5 Å². The van der Waals surface area contributed by atoms with Gasteiger partial charge in [-0.25, -0.2) is 4.39 Å². The first-order valence-electron chi connectivity index (χ1n) is 5.37. The maximum atomic E-state index is 12.7. The molecule has 15 heavy (non-hydrogen) atoms. The zero-order chi connectivity index (χ0) is 10.7. The number of rotatable bonds is 5. The first-order valence-corrected chi connectivity index (χ1v) is 5.37. The minimum Gasteiger partial charge on any atom is -0.398 e. The Balaban J connectivity index is 1.76. The molecule has 0 bridgehead atoms. The van der Waals surface area contributed by atoms with Crippen LogP contribution in [0.1, 0.15) is 24.8 Å². The molecular weight excluding hydrogens is 193 g/mol. The Morgan fingerprint density at radius 2 is 2.20 bits per heavy atom. The minimum absolute atomic E-state index is 0.297. The van der Waals surface area contributed by atoms with Gasteiger partial charge in [0.1, 0.15) is 5.82 Å². The highest BCUT2D eigenvalue weighted by molar-refractivity contribution is 5.46. The molecular formula is C12H16FNO. The van der Waals surface area contributed by atoms with Crippen LogP contribution < -0.4 is 5.73 Å². The lowest BCUT2D eigenvalue weighted by Gasteiger charge is -2.06. The monoisotopic (exact) mass is 209 g/mol. The number of hydrogen-bond donors (Lipinski definition) is 1. The van der Waals surface area contributed by atoms with Gasteiger partial charge in [-0.05, 0) is 24.5 Å². The fourth-order valence-electron chi connectivity index (χ4n) is 1.54. The Labute approximate surface area is 89.2 Å². The third-order valence-electron chi connectivity index (χ3n) is 2.73. The number of ether oxygens (including phenoxy) is 1. The summed E-state index contributed by atoms with van der Waals surface area (Å²) in [6.45, 7) is 1.26. The van der Waals surface area contributed by atoms with Crippen LogP contribution in [0.3, 0.4) is 0 Å². The largest absolute Gasteiger partial charge is 0.398 e. The summed E-state index contributed by atoms with van der Waals surface area (Å²) in [4.78, 5) is 0. The number of halogens is 1. The molecule has 0 atom stereocenters. The second-order valence-corrected chi connectivity index (χ2v) is 4.13. The summed E-state index contributed by atoms with van der Waals surface area (Å²) >= 11 is 0. The second kappa shape index (κ2) is 4.62.